The lowest BCUT2D eigenvalue weighted by molar-refractivity contribution is -0.144. The molecule has 1 aromatic heterocycles. The summed E-state index contributed by atoms with van der Waals surface area (Å²) in [5, 5.41) is 34.2. The quantitative estimate of drug-likeness (QED) is 0.148. The summed E-state index contributed by atoms with van der Waals surface area (Å²) < 4.78 is 0. The van der Waals surface area contributed by atoms with Gasteiger partial charge in [-0.1, -0.05) is 18.2 Å². The number of carboxylic acid groups (broad SMARTS) is 3. The topological polar surface area (TPSA) is 241 Å². The minimum absolute atomic E-state index is 0.175. The summed E-state index contributed by atoms with van der Waals surface area (Å²) in [5.74, 6) is -6.98. The number of aromatic nitrogens is 1. The van der Waals surface area contributed by atoms with Gasteiger partial charge in [0.05, 0.1) is 19.0 Å². The predicted octanol–water partition coefficient (Wildman–Crippen LogP) is -1.45. The smallest absolute Gasteiger partial charge is 0.326 e. The summed E-state index contributed by atoms with van der Waals surface area (Å²) in [6.07, 6.45) is 0.0122. The average Bonchev–Trinajstić information content (AvgIpc) is 3.21. The number of rotatable bonds is 14. The zero-order valence-corrected chi connectivity index (χ0v) is 19.0. The zero-order valence-electron chi connectivity index (χ0n) is 19.0. The fourth-order valence-electron chi connectivity index (χ4n) is 3.36. The van der Waals surface area contributed by atoms with Gasteiger partial charge >= 0.3 is 17.9 Å². The molecule has 0 saturated carbocycles. The Kier molecular flexibility index (Phi) is 9.92. The Morgan fingerprint density at radius 1 is 0.917 bits per heavy atom. The first-order valence-corrected chi connectivity index (χ1v) is 10.8. The van der Waals surface area contributed by atoms with Crippen molar-refractivity contribution in [1.29, 1.82) is 0 Å². The number of carbonyl (C=O) groups excluding carboxylic acids is 3. The fraction of sp³-hybridized carbons (Fsp3) is 0.364. The molecule has 3 unspecified atom stereocenters. The van der Waals surface area contributed by atoms with Gasteiger partial charge in [0.15, 0.2) is 0 Å². The van der Waals surface area contributed by atoms with Gasteiger partial charge < -0.3 is 42.0 Å². The molecule has 0 aliphatic rings. The van der Waals surface area contributed by atoms with Crippen molar-refractivity contribution in [3.63, 3.8) is 0 Å². The van der Waals surface area contributed by atoms with Gasteiger partial charge in [0.2, 0.25) is 17.7 Å². The monoisotopic (exact) mass is 505 g/mol. The number of hydrogen-bond acceptors (Lipinski definition) is 7. The number of nitrogens with two attached hydrogens (primary N) is 1. The van der Waals surface area contributed by atoms with Gasteiger partial charge in [-0.15, -0.1) is 0 Å². The van der Waals surface area contributed by atoms with Crippen molar-refractivity contribution in [2.45, 2.75) is 43.8 Å². The highest BCUT2D eigenvalue weighted by Gasteiger charge is 2.29. The fourth-order valence-corrected chi connectivity index (χ4v) is 3.36. The van der Waals surface area contributed by atoms with Crippen molar-refractivity contribution in [2.24, 2.45) is 5.73 Å². The Morgan fingerprint density at radius 3 is 2.25 bits per heavy atom. The molecule has 1 heterocycles. The molecule has 0 aliphatic heterocycles. The minimum Gasteiger partial charge on any atom is -0.481 e. The number of H-pyrrole nitrogens is 1. The van der Waals surface area contributed by atoms with Crippen molar-refractivity contribution in [1.82, 2.24) is 20.9 Å². The molecule has 14 heteroatoms. The van der Waals surface area contributed by atoms with Crippen molar-refractivity contribution < 1.29 is 44.1 Å². The summed E-state index contributed by atoms with van der Waals surface area (Å²) in [6.45, 7) is -0.620. The lowest BCUT2D eigenvalue weighted by atomic mass is 10.1. The lowest BCUT2D eigenvalue weighted by Gasteiger charge is -2.20. The van der Waals surface area contributed by atoms with Crippen LogP contribution in [0.2, 0.25) is 0 Å². The summed E-state index contributed by atoms with van der Waals surface area (Å²) in [7, 11) is 0. The van der Waals surface area contributed by atoms with Crippen LogP contribution in [0.5, 0.6) is 0 Å². The maximum atomic E-state index is 12.4. The van der Waals surface area contributed by atoms with Crippen LogP contribution in [0, 0.1) is 0 Å². The second kappa shape index (κ2) is 12.9. The number of nitrogens with one attached hydrogen (secondary N) is 4. The van der Waals surface area contributed by atoms with Crippen molar-refractivity contribution >= 4 is 46.5 Å². The number of carboxylic acids is 3. The molecule has 3 atom stereocenters. The minimum atomic E-state index is -1.67. The van der Waals surface area contributed by atoms with Crippen molar-refractivity contribution in [3.05, 3.63) is 36.0 Å². The SMILES string of the molecule is NC(Cc1c[nH]c2ccccc12)C(=O)NCC(=O)NC(CC(=O)O)C(=O)NC(CCC(=O)O)C(=O)O. The maximum absolute atomic E-state index is 12.4. The van der Waals surface area contributed by atoms with E-state index in [1.165, 1.54) is 0 Å². The first-order valence-electron chi connectivity index (χ1n) is 10.8. The van der Waals surface area contributed by atoms with E-state index < -0.39 is 79.6 Å². The van der Waals surface area contributed by atoms with E-state index in [0.717, 1.165) is 16.5 Å². The molecule has 36 heavy (non-hydrogen) atoms. The third-order valence-corrected chi connectivity index (χ3v) is 5.17. The van der Waals surface area contributed by atoms with Gasteiger partial charge in [0.1, 0.15) is 12.1 Å². The third kappa shape index (κ3) is 8.39. The van der Waals surface area contributed by atoms with E-state index in [1.807, 2.05) is 29.6 Å². The molecule has 9 N–H and O–H groups in total. The molecule has 194 valence electrons. The summed E-state index contributed by atoms with van der Waals surface area (Å²) in [4.78, 5) is 73.1. The van der Waals surface area contributed by atoms with E-state index in [2.05, 4.69) is 15.6 Å². The Balaban J connectivity index is 1.92. The standard InChI is InChI=1S/C22H27N5O9/c23-13(7-11-9-24-14-4-2-1-3-12(11)14)20(33)25-10-17(28)26-16(8-19(31)32)21(34)27-15(22(35)36)5-6-18(29)30/h1-4,9,13,15-16,24H,5-8,10,23H2,(H,25,33)(H,26,28)(H,27,34)(H,29,30)(H,31,32)(H,35,36). The Bertz CT molecular complexity index is 1150. The number of aromatic amines is 1. The van der Waals surface area contributed by atoms with Crippen LogP contribution in [0.25, 0.3) is 10.9 Å². The van der Waals surface area contributed by atoms with E-state index in [9.17, 15) is 28.8 Å². The van der Waals surface area contributed by atoms with E-state index in [1.54, 1.807) is 6.20 Å². The van der Waals surface area contributed by atoms with E-state index in [0.29, 0.717) is 0 Å². The van der Waals surface area contributed by atoms with Crippen molar-refractivity contribution in [3.8, 4) is 0 Å². The molecule has 2 aromatic rings. The predicted molar refractivity (Wildman–Crippen MR) is 124 cm³/mol. The third-order valence-electron chi connectivity index (χ3n) is 5.17. The molecule has 0 fully saturated rings. The number of para-hydroxylation sites is 1. The Labute approximate surface area is 204 Å². The first kappa shape index (κ1) is 27.8. The van der Waals surface area contributed by atoms with Gasteiger partial charge in [-0.25, -0.2) is 4.79 Å². The molecule has 14 nitrogen and oxygen atoms in total. The number of benzene rings is 1. The summed E-state index contributed by atoms with van der Waals surface area (Å²) in [6, 6.07) is 3.14. The van der Waals surface area contributed by atoms with Gasteiger partial charge in [-0.2, -0.15) is 0 Å². The van der Waals surface area contributed by atoms with Crippen LogP contribution in [0.3, 0.4) is 0 Å². The van der Waals surface area contributed by atoms with Crippen LogP contribution in [0.4, 0.5) is 0 Å². The number of fused-ring (bicyclic) bond motifs is 1. The first-order chi connectivity index (χ1) is 17.0. The number of amides is 3. The highest BCUT2D eigenvalue weighted by molar-refractivity contribution is 5.94. The van der Waals surface area contributed by atoms with Gasteiger partial charge in [-0.3, -0.25) is 24.0 Å². The van der Waals surface area contributed by atoms with Gasteiger partial charge in [-0.05, 0) is 24.5 Å². The molecule has 2 rings (SSSR count). The van der Waals surface area contributed by atoms with Crippen LogP contribution in [0.15, 0.2) is 30.5 Å². The van der Waals surface area contributed by atoms with Crippen LogP contribution < -0.4 is 21.7 Å². The number of hydrogen-bond donors (Lipinski definition) is 8. The molecule has 0 radical (unpaired) electrons. The van der Waals surface area contributed by atoms with E-state index in [-0.39, 0.29) is 6.42 Å². The highest BCUT2D eigenvalue weighted by Crippen LogP contribution is 2.18. The molecular weight excluding hydrogens is 478 g/mol. The largest absolute Gasteiger partial charge is 0.481 e. The van der Waals surface area contributed by atoms with E-state index >= 15 is 0 Å². The zero-order chi connectivity index (χ0) is 26.8. The van der Waals surface area contributed by atoms with Gasteiger partial charge in [0, 0.05) is 23.5 Å². The molecule has 0 spiro atoms. The van der Waals surface area contributed by atoms with E-state index in [4.69, 9.17) is 21.1 Å². The van der Waals surface area contributed by atoms with Crippen LogP contribution in [-0.4, -0.2) is 80.6 Å². The molecule has 0 bridgehead atoms. The molecular formula is C22H27N5O9. The second-order valence-electron chi connectivity index (χ2n) is 7.94. The molecule has 3 amide bonds. The van der Waals surface area contributed by atoms with Gasteiger partial charge in [0.25, 0.3) is 0 Å². The maximum Gasteiger partial charge on any atom is 0.326 e. The molecule has 1 aromatic carbocycles. The molecule has 0 saturated heterocycles. The van der Waals surface area contributed by atoms with Crippen molar-refractivity contribution in [2.75, 3.05) is 6.54 Å². The lowest BCUT2D eigenvalue weighted by Crippen LogP contribution is -2.54. The number of carbonyl (C=O) groups is 6. The second-order valence-corrected chi connectivity index (χ2v) is 7.94. The number of aliphatic carboxylic acids is 3. The summed E-state index contributed by atoms with van der Waals surface area (Å²) >= 11 is 0. The average molecular weight is 505 g/mol. The highest BCUT2D eigenvalue weighted by atomic mass is 16.4. The summed E-state index contributed by atoms with van der Waals surface area (Å²) in [5.41, 5.74) is 7.61. The van der Waals surface area contributed by atoms with Crippen LogP contribution in [0.1, 0.15) is 24.8 Å². The van der Waals surface area contributed by atoms with Crippen LogP contribution in [-0.2, 0) is 35.2 Å². The Hall–Kier alpha value is -4.46. The molecule has 0 aliphatic carbocycles. The van der Waals surface area contributed by atoms with Crippen LogP contribution >= 0.6 is 0 Å². The Morgan fingerprint density at radius 2 is 1.61 bits per heavy atom. The normalized spacial score (nSPS) is 13.2.